The topological polar surface area (TPSA) is 38.1 Å². The van der Waals surface area contributed by atoms with Crippen LogP contribution in [-0.2, 0) is 26.1 Å². The number of aromatic nitrogens is 2. The number of fused-ring (bicyclic) bond motifs is 1. The second kappa shape index (κ2) is 7.56. The predicted octanol–water partition coefficient (Wildman–Crippen LogP) is 3.61. The molecule has 0 radical (unpaired) electrons. The molecule has 0 spiro atoms. The maximum absolute atomic E-state index is 11.8. The molecule has 0 saturated heterocycles. The minimum absolute atomic E-state index is 0.0309. The summed E-state index contributed by atoms with van der Waals surface area (Å²) < 4.78 is 2.84. The molecule has 1 aliphatic rings. The van der Waals surface area contributed by atoms with Crippen LogP contribution >= 0.6 is 15.9 Å². The lowest BCUT2D eigenvalue weighted by molar-refractivity contribution is 0.245. The van der Waals surface area contributed by atoms with Gasteiger partial charge in [-0.2, -0.15) is 0 Å². The Hall–Kier alpha value is -2.24. The number of halogens is 1. The van der Waals surface area contributed by atoms with Gasteiger partial charge in [-0.25, -0.2) is 0 Å². The van der Waals surface area contributed by atoms with E-state index < -0.39 is 0 Å². The van der Waals surface area contributed by atoms with Gasteiger partial charge in [0.1, 0.15) is 0 Å². The first kappa shape index (κ1) is 17.2. The third-order valence-corrected chi connectivity index (χ3v) is 5.53. The van der Waals surface area contributed by atoms with Crippen molar-refractivity contribution in [1.82, 2.24) is 14.5 Å². The van der Waals surface area contributed by atoms with Gasteiger partial charge in [-0.1, -0.05) is 30.3 Å². The highest BCUT2D eigenvalue weighted by atomic mass is 79.9. The Bertz CT molecular complexity index is 965. The van der Waals surface area contributed by atoms with Gasteiger partial charge >= 0.3 is 0 Å². The maximum Gasteiger partial charge on any atom is 0.250 e. The molecule has 0 amide bonds. The highest BCUT2D eigenvalue weighted by Gasteiger charge is 2.18. The number of hydrogen-bond donors (Lipinski definition) is 0. The zero-order chi connectivity index (χ0) is 17.9. The molecule has 0 unspecified atom stereocenters. The van der Waals surface area contributed by atoms with Crippen LogP contribution in [0, 0.1) is 0 Å². The van der Waals surface area contributed by atoms with Gasteiger partial charge in [-0.15, -0.1) is 0 Å². The molecular weight excluding hydrogens is 390 g/mol. The van der Waals surface area contributed by atoms with Crippen LogP contribution in [0.1, 0.15) is 22.3 Å². The second-order valence-electron chi connectivity index (χ2n) is 6.70. The van der Waals surface area contributed by atoms with Gasteiger partial charge < -0.3 is 4.57 Å². The van der Waals surface area contributed by atoms with Crippen molar-refractivity contribution < 1.29 is 0 Å². The first-order chi connectivity index (χ1) is 12.7. The van der Waals surface area contributed by atoms with E-state index >= 15 is 0 Å². The molecule has 0 saturated carbocycles. The largest absolute Gasteiger partial charge is 0.311 e. The monoisotopic (exact) mass is 409 g/mol. The average Bonchev–Trinajstić information content (AvgIpc) is 2.65. The van der Waals surface area contributed by atoms with Gasteiger partial charge in [0.05, 0.1) is 6.54 Å². The van der Waals surface area contributed by atoms with Gasteiger partial charge in [0.25, 0.3) is 5.56 Å². The Balaban J connectivity index is 1.42. The summed E-state index contributed by atoms with van der Waals surface area (Å²) in [4.78, 5) is 18.6. The number of rotatable bonds is 4. The van der Waals surface area contributed by atoms with Crippen molar-refractivity contribution in [2.75, 3.05) is 6.54 Å². The van der Waals surface area contributed by atoms with E-state index in [2.05, 4.69) is 50.1 Å². The average molecular weight is 410 g/mol. The van der Waals surface area contributed by atoms with Crippen LogP contribution in [0.5, 0.6) is 0 Å². The zero-order valence-corrected chi connectivity index (χ0v) is 16.0. The zero-order valence-electron chi connectivity index (χ0n) is 14.4. The highest BCUT2D eigenvalue weighted by Crippen LogP contribution is 2.26. The van der Waals surface area contributed by atoms with Gasteiger partial charge in [0.2, 0.25) is 0 Å². The van der Waals surface area contributed by atoms with Crippen molar-refractivity contribution in [3.63, 3.8) is 0 Å². The minimum atomic E-state index is 0.0309. The summed E-state index contributed by atoms with van der Waals surface area (Å²) in [6.07, 6.45) is 6.74. The molecule has 0 N–H and O–H groups in total. The van der Waals surface area contributed by atoms with Gasteiger partial charge in [-0.05, 0) is 50.7 Å². The lowest BCUT2D eigenvalue weighted by Gasteiger charge is -2.29. The second-order valence-corrected chi connectivity index (χ2v) is 7.56. The van der Waals surface area contributed by atoms with Crippen molar-refractivity contribution in [3.05, 3.63) is 98.1 Å². The Labute approximate surface area is 161 Å². The maximum atomic E-state index is 11.8. The van der Waals surface area contributed by atoms with E-state index in [4.69, 9.17) is 0 Å². The van der Waals surface area contributed by atoms with Gasteiger partial charge in [-0.3, -0.25) is 14.7 Å². The predicted molar refractivity (Wildman–Crippen MR) is 106 cm³/mol. The van der Waals surface area contributed by atoms with Crippen LogP contribution in [0.4, 0.5) is 0 Å². The third-order valence-electron chi connectivity index (χ3n) is 4.85. The fraction of sp³-hybridized carbons (Fsp3) is 0.238. The molecule has 0 fully saturated rings. The number of benzene rings is 1. The molecular formula is C21H20BrN3O. The van der Waals surface area contributed by atoms with Crippen molar-refractivity contribution in [2.24, 2.45) is 0 Å². The van der Waals surface area contributed by atoms with E-state index in [-0.39, 0.29) is 5.56 Å². The Morgan fingerprint density at radius 3 is 2.54 bits per heavy atom. The van der Waals surface area contributed by atoms with Crippen LogP contribution < -0.4 is 5.56 Å². The first-order valence-corrected chi connectivity index (χ1v) is 9.55. The first-order valence-electron chi connectivity index (χ1n) is 8.76. The van der Waals surface area contributed by atoms with E-state index in [0.717, 1.165) is 36.1 Å². The lowest BCUT2D eigenvalue weighted by atomic mass is 10.0. The van der Waals surface area contributed by atoms with Gasteiger partial charge in [0, 0.05) is 48.8 Å². The Kier molecular flexibility index (Phi) is 5.00. The van der Waals surface area contributed by atoms with Crippen LogP contribution in [0.2, 0.25) is 0 Å². The van der Waals surface area contributed by atoms with E-state index in [0.29, 0.717) is 6.54 Å². The third kappa shape index (κ3) is 3.79. The molecule has 132 valence electrons. The molecule has 5 heteroatoms. The van der Waals surface area contributed by atoms with E-state index in [1.54, 1.807) is 16.7 Å². The molecule has 3 heterocycles. The van der Waals surface area contributed by atoms with Crippen molar-refractivity contribution in [2.45, 2.75) is 26.1 Å². The molecule has 1 aromatic carbocycles. The molecule has 1 aliphatic heterocycles. The summed E-state index contributed by atoms with van der Waals surface area (Å²) in [7, 11) is 0. The summed E-state index contributed by atoms with van der Waals surface area (Å²) in [5, 5.41) is 0. The van der Waals surface area contributed by atoms with Gasteiger partial charge in [0.15, 0.2) is 0 Å². The molecule has 0 bridgehead atoms. The summed E-state index contributed by atoms with van der Waals surface area (Å²) >= 11 is 3.60. The quantitative estimate of drug-likeness (QED) is 0.660. The summed E-state index contributed by atoms with van der Waals surface area (Å²) in [6, 6.07) is 13.8. The summed E-state index contributed by atoms with van der Waals surface area (Å²) in [6.45, 7) is 3.52. The van der Waals surface area contributed by atoms with Crippen LogP contribution in [-0.4, -0.2) is 21.0 Å². The number of pyridine rings is 2. The van der Waals surface area contributed by atoms with E-state index in [1.165, 1.54) is 16.7 Å². The number of nitrogens with zero attached hydrogens (tertiary/aromatic N) is 3. The van der Waals surface area contributed by atoms with Crippen LogP contribution in [0.25, 0.3) is 0 Å². The highest BCUT2D eigenvalue weighted by molar-refractivity contribution is 9.10. The van der Waals surface area contributed by atoms with E-state index in [9.17, 15) is 4.79 Å². The molecule has 0 aliphatic carbocycles. The van der Waals surface area contributed by atoms with Crippen molar-refractivity contribution in [1.29, 1.82) is 0 Å². The molecule has 2 aromatic heterocycles. The molecule has 0 atom stereocenters. The summed E-state index contributed by atoms with van der Waals surface area (Å²) in [5.41, 5.74) is 5.16. The smallest absolute Gasteiger partial charge is 0.250 e. The molecule has 4 rings (SSSR count). The van der Waals surface area contributed by atoms with Crippen LogP contribution in [0.15, 0.2) is 70.3 Å². The summed E-state index contributed by atoms with van der Waals surface area (Å²) in [5.74, 6) is 0. The Morgan fingerprint density at radius 2 is 1.77 bits per heavy atom. The van der Waals surface area contributed by atoms with Crippen molar-refractivity contribution >= 4 is 15.9 Å². The van der Waals surface area contributed by atoms with Crippen LogP contribution in [0.3, 0.4) is 0 Å². The molecule has 26 heavy (non-hydrogen) atoms. The lowest BCUT2D eigenvalue weighted by Crippen LogP contribution is -2.30. The normalized spacial score (nSPS) is 14.2. The standard InChI is InChI=1S/C21H20BrN3O/c22-20-12-23-11-18-15-24(10-8-19(18)20)13-16-4-6-17(7-5-16)14-25-9-2-1-3-21(25)26/h1-7,9,11-12H,8,10,13-15H2. The molecule has 3 aromatic rings. The van der Waals surface area contributed by atoms with Crippen molar-refractivity contribution in [3.8, 4) is 0 Å². The number of hydrogen-bond acceptors (Lipinski definition) is 3. The molecule has 4 nitrogen and oxygen atoms in total. The fourth-order valence-electron chi connectivity index (χ4n) is 3.44. The SMILES string of the molecule is O=c1ccccn1Cc1ccc(CN2CCc3c(Br)cncc3C2)cc1. The minimum Gasteiger partial charge on any atom is -0.311 e. The van der Waals surface area contributed by atoms with E-state index in [1.807, 2.05) is 24.7 Å². The Morgan fingerprint density at radius 1 is 1.00 bits per heavy atom. The fourth-order valence-corrected chi connectivity index (χ4v) is 4.01.